The van der Waals surface area contributed by atoms with Gasteiger partial charge in [-0.15, -0.1) is 0 Å². The van der Waals surface area contributed by atoms with E-state index < -0.39 is 5.82 Å². The number of hydrogen-bond acceptors (Lipinski definition) is 4. The lowest BCUT2D eigenvalue weighted by Crippen LogP contribution is -2.31. The molecule has 1 saturated heterocycles. The van der Waals surface area contributed by atoms with Crippen LogP contribution in [0.5, 0.6) is 0 Å². The monoisotopic (exact) mass is 446 g/mol. The number of aromatic nitrogens is 3. The second-order valence-corrected chi connectivity index (χ2v) is 9.03. The van der Waals surface area contributed by atoms with Crippen LogP contribution < -0.4 is 5.69 Å². The lowest BCUT2D eigenvalue weighted by Gasteiger charge is -2.16. The molecule has 0 bridgehead atoms. The zero-order chi connectivity index (χ0) is 22.5. The van der Waals surface area contributed by atoms with Crippen LogP contribution >= 0.6 is 0 Å². The van der Waals surface area contributed by atoms with E-state index in [1.165, 1.54) is 17.1 Å². The van der Waals surface area contributed by atoms with E-state index >= 15 is 0 Å². The van der Waals surface area contributed by atoms with E-state index in [1.807, 2.05) is 29.2 Å². The number of carbonyl (C=O) groups is 1. The molecule has 7 nitrogen and oxygen atoms in total. The molecule has 3 heterocycles. The van der Waals surface area contributed by atoms with E-state index in [4.69, 9.17) is 4.42 Å². The molecule has 8 heteroatoms. The van der Waals surface area contributed by atoms with E-state index in [1.54, 1.807) is 23.0 Å². The lowest BCUT2D eigenvalue weighted by atomic mass is 10.0. The molecule has 1 aliphatic heterocycles. The molecule has 0 N–H and O–H groups in total. The van der Waals surface area contributed by atoms with Crippen LogP contribution in [0, 0.1) is 17.7 Å². The Labute approximate surface area is 189 Å². The van der Waals surface area contributed by atoms with Crippen molar-refractivity contribution in [1.82, 2.24) is 19.2 Å². The van der Waals surface area contributed by atoms with Gasteiger partial charge in [-0.3, -0.25) is 9.36 Å². The number of fused-ring (bicyclic) bond motifs is 1. The van der Waals surface area contributed by atoms with E-state index in [2.05, 4.69) is 5.10 Å². The molecule has 0 unspecified atom stereocenters. The fourth-order valence-electron chi connectivity index (χ4n) is 4.69. The molecule has 1 amide bonds. The van der Waals surface area contributed by atoms with Crippen LogP contribution in [-0.4, -0.2) is 38.2 Å². The Bertz CT molecular complexity index is 1410. The van der Waals surface area contributed by atoms with Gasteiger partial charge in [0, 0.05) is 42.6 Å². The fraction of sp³-hybridized carbons (Fsp3) is 0.320. The quantitative estimate of drug-likeness (QED) is 0.467. The maximum atomic E-state index is 15.0. The van der Waals surface area contributed by atoms with Gasteiger partial charge in [0.1, 0.15) is 17.7 Å². The first kappa shape index (κ1) is 20.0. The average Bonchev–Trinajstić information content (AvgIpc) is 3.21. The van der Waals surface area contributed by atoms with Crippen LogP contribution in [0.4, 0.5) is 4.39 Å². The number of furan rings is 1. The molecule has 1 saturated carbocycles. The average molecular weight is 446 g/mol. The summed E-state index contributed by atoms with van der Waals surface area (Å²) >= 11 is 0. The summed E-state index contributed by atoms with van der Waals surface area (Å²) in [6.07, 6.45) is 5.97. The SMILES string of the molecule is O=C(C1CC1)N1CC[C@@H](Cn2cnn(-c3ccc(-c4ccc5occc5c4)c(F)c3)c2=O)C1. The standard InChI is InChI=1S/C25H23FN4O3/c26-22-12-20(4-5-21(22)18-3-6-23-19(11-18)8-10-33-23)30-25(32)29(15-27-30)14-16-7-9-28(13-16)24(31)17-1-2-17/h3-6,8,10-12,15-17H,1-2,7,9,13-14H2/t16-/m1/s1. The normalized spacial score (nSPS) is 18.3. The molecule has 4 aromatic rings. The van der Waals surface area contributed by atoms with Crippen molar-refractivity contribution >= 4 is 16.9 Å². The van der Waals surface area contributed by atoms with Crippen LogP contribution in [0.1, 0.15) is 19.3 Å². The van der Waals surface area contributed by atoms with E-state index in [9.17, 15) is 14.0 Å². The number of nitrogens with zero attached hydrogens (tertiary/aromatic N) is 4. The van der Waals surface area contributed by atoms with Crippen molar-refractivity contribution in [2.45, 2.75) is 25.8 Å². The Kier molecular flexibility index (Phi) is 4.67. The lowest BCUT2D eigenvalue weighted by molar-refractivity contribution is -0.131. The van der Waals surface area contributed by atoms with Crippen LogP contribution in [0.25, 0.3) is 27.8 Å². The highest BCUT2D eigenvalue weighted by atomic mass is 19.1. The summed E-state index contributed by atoms with van der Waals surface area (Å²) in [6, 6.07) is 12.0. The van der Waals surface area contributed by atoms with Gasteiger partial charge in [0.25, 0.3) is 0 Å². The summed E-state index contributed by atoms with van der Waals surface area (Å²) in [6.45, 7) is 1.93. The Morgan fingerprint density at radius 2 is 2.00 bits per heavy atom. The van der Waals surface area contributed by atoms with Gasteiger partial charge in [-0.05, 0) is 61.1 Å². The molecule has 168 valence electrons. The van der Waals surface area contributed by atoms with Gasteiger partial charge in [0.2, 0.25) is 5.91 Å². The summed E-state index contributed by atoms with van der Waals surface area (Å²) < 4.78 is 23.1. The Hall–Kier alpha value is -3.68. The van der Waals surface area contributed by atoms with Gasteiger partial charge in [-0.2, -0.15) is 9.78 Å². The number of carbonyl (C=O) groups excluding carboxylic acids is 1. The van der Waals surface area contributed by atoms with Crippen LogP contribution in [-0.2, 0) is 11.3 Å². The van der Waals surface area contributed by atoms with E-state index in [0.717, 1.165) is 42.3 Å². The molecular formula is C25H23FN4O3. The van der Waals surface area contributed by atoms with Crippen molar-refractivity contribution in [3.63, 3.8) is 0 Å². The first-order valence-electron chi connectivity index (χ1n) is 11.3. The number of benzene rings is 2. The van der Waals surface area contributed by atoms with Crippen molar-refractivity contribution in [3.8, 4) is 16.8 Å². The zero-order valence-corrected chi connectivity index (χ0v) is 18.0. The number of likely N-dealkylation sites (tertiary alicyclic amines) is 1. The number of rotatable bonds is 5. The molecule has 2 fully saturated rings. The number of halogens is 1. The third-order valence-electron chi connectivity index (χ3n) is 6.67. The predicted octanol–water partition coefficient (Wildman–Crippen LogP) is 3.84. The summed E-state index contributed by atoms with van der Waals surface area (Å²) in [5.41, 5.74) is 1.99. The molecule has 1 aliphatic carbocycles. The van der Waals surface area contributed by atoms with Gasteiger partial charge >= 0.3 is 5.69 Å². The van der Waals surface area contributed by atoms with Crippen LogP contribution in [0.3, 0.4) is 0 Å². The summed E-state index contributed by atoms with van der Waals surface area (Å²) in [5.74, 6) is 0.263. The van der Waals surface area contributed by atoms with E-state index in [-0.39, 0.29) is 23.4 Å². The Morgan fingerprint density at radius 1 is 1.12 bits per heavy atom. The zero-order valence-electron chi connectivity index (χ0n) is 18.0. The molecule has 6 rings (SSSR count). The molecular weight excluding hydrogens is 423 g/mol. The topological polar surface area (TPSA) is 73.3 Å². The van der Waals surface area contributed by atoms with Crippen molar-refractivity contribution in [3.05, 3.63) is 71.4 Å². The molecule has 2 aromatic heterocycles. The van der Waals surface area contributed by atoms with Crippen molar-refractivity contribution in [1.29, 1.82) is 0 Å². The maximum Gasteiger partial charge on any atom is 0.350 e. The number of amides is 1. The van der Waals surface area contributed by atoms with Crippen LogP contribution in [0.15, 0.2) is 64.3 Å². The van der Waals surface area contributed by atoms with Gasteiger partial charge in [0.05, 0.1) is 12.0 Å². The van der Waals surface area contributed by atoms with Crippen LogP contribution in [0.2, 0.25) is 0 Å². The molecule has 2 aliphatic rings. The minimum atomic E-state index is -0.429. The Morgan fingerprint density at radius 3 is 2.82 bits per heavy atom. The predicted molar refractivity (Wildman–Crippen MR) is 120 cm³/mol. The molecule has 2 aromatic carbocycles. The van der Waals surface area contributed by atoms with Gasteiger partial charge in [-0.1, -0.05) is 6.07 Å². The number of hydrogen-bond donors (Lipinski definition) is 0. The molecule has 1 atom stereocenters. The maximum absolute atomic E-state index is 15.0. The third kappa shape index (κ3) is 3.65. The largest absolute Gasteiger partial charge is 0.464 e. The highest BCUT2D eigenvalue weighted by Gasteiger charge is 2.36. The molecule has 0 spiro atoms. The van der Waals surface area contributed by atoms with Crippen molar-refractivity contribution in [2.24, 2.45) is 11.8 Å². The highest BCUT2D eigenvalue weighted by molar-refractivity contribution is 5.83. The first-order valence-corrected chi connectivity index (χ1v) is 11.3. The first-order chi connectivity index (χ1) is 16.1. The Balaban J connectivity index is 1.21. The van der Waals surface area contributed by atoms with Gasteiger partial charge in [0.15, 0.2) is 0 Å². The highest BCUT2D eigenvalue weighted by Crippen LogP contribution is 2.33. The second kappa shape index (κ2) is 7.72. The smallest absolute Gasteiger partial charge is 0.350 e. The van der Waals surface area contributed by atoms with E-state index in [0.29, 0.717) is 24.3 Å². The summed E-state index contributed by atoms with van der Waals surface area (Å²) in [4.78, 5) is 27.1. The molecule has 0 radical (unpaired) electrons. The van der Waals surface area contributed by atoms with Crippen molar-refractivity contribution in [2.75, 3.05) is 13.1 Å². The second-order valence-electron chi connectivity index (χ2n) is 9.03. The van der Waals surface area contributed by atoms with Gasteiger partial charge < -0.3 is 9.32 Å². The summed E-state index contributed by atoms with van der Waals surface area (Å²) in [7, 11) is 0. The third-order valence-corrected chi connectivity index (χ3v) is 6.67. The minimum Gasteiger partial charge on any atom is -0.464 e. The molecule has 33 heavy (non-hydrogen) atoms. The minimum absolute atomic E-state index is 0.216. The van der Waals surface area contributed by atoms with Crippen molar-refractivity contribution < 1.29 is 13.6 Å². The summed E-state index contributed by atoms with van der Waals surface area (Å²) in [5, 5.41) is 5.10. The van der Waals surface area contributed by atoms with Gasteiger partial charge in [-0.25, -0.2) is 9.18 Å². The fourth-order valence-corrected chi connectivity index (χ4v) is 4.69.